The number of H-pyrrole nitrogens is 1. The van der Waals surface area contributed by atoms with Crippen molar-refractivity contribution in [3.63, 3.8) is 0 Å². The molecule has 0 spiro atoms. The Kier molecular flexibility index (Phi) is 4.78. The number of amides is 1. The molecular weight excluding hydrogens is 322 g/mol. The van der Waals surface area contributed by atoms with Crippen LogP contribution in [0.1, 0.15) is 58.9 Å². The molecule has 2 heterocycles. The lowest BCUT2D eigenvalue weighted by atomic mass is 9.93. The molecule has 0 radical (unpaired) electrons. The van der Waals surface area contributed by atoms with Crippen molar-refractivity contribution in [3.8, 4) is 0 Å². The molecule has 2 aromatic heterocycles. The number of aromatic amines is 1. The monoisotopic (exact) mass is 347 g/mol. The van der Waals surface area contributed by atoms with Crippen LogP contribution in [0.3, 0.4) is 0 Å². The van der Waals surface area contributed by atoms with Crippen LogP contribution in [0.15, 0.2) is 17.2 Å². The molecule has 2 saturated carbocycles. The predicted molar refractivity (Wildman–Crippen MR) is 93.4 cm³/mol. The number of imidazole rings is 1. The highest BCUT2D eigenvalue weighted by Crippen LogP contribution is 2.34. The average molecular weight is 347 g/mol. The van der Waals surface area contributed by atoms with Crippen LogP contribution in [0.2, 0.25) is 0 Å². The quantitative estimate of drug-likeness (QED) is 0.869. The fourth-order valence-electron chi connectivity index (χ4n) is 2.55. The highest BCUT2D eigenvalue weighted by atomic mass is 16.6. The molecule has 2 fully saturated rings. The molecule has 136 valence electrons. The smallest absolute Gasteiger partial charge is 0.407 e. The van der Waals surface area contributed by atoms with E-state index in [0.29, 0.717) is 23.4 Å². The highest BCUT2D eigenvalue weighted by molar-refractivity contribution is 5.68. The summed E-state index contributed by atoms with van der Waals surface area (Å²) in [6.07, 6.45) is 8.46. The molecule has 2 N–H and O–H groups in total. The largest absolute Gasteiger partial charge is 0.444 e. The minimum Gasteiger partial charge on any atom is -0.444 e. The predicted octanol–water partition coefficient (Wildman–Crippen LogP) is 2.52. The SMILES string of the molecule is CC(C)(C)OC(=O)NC1CCC1.O=c1[nH]c2nccnc2n1C1CC1. The van der Waals surface area contributed by atoms with Crippen molar-refractivity contribution in [2.24, 2.45) is 0 Å². The summed E-state index contributed by atoms with van der Waals surface area (Å²) in [5, 5.41) is 2.81. The molecule has 25 heavy (non-hydrogen) atoms. The van der Waals surface area contributed by atoms with Crippen LogP contribution in [0.5, 0.6) is 0 Å². The Labute approximate surface area is 146 Å². The van der Waals surface area contributed by atoms with E-state index in [0.717, 1.165) is 25.7 Å². The van der Waals surface area contributed by atoms with Gasteiger partial charge < -0.3 is 10.1 Å². The zero-order valence-corrected chi connectivity index (χ0v) is 14.9. The fourth-order valence-corrected chi connectivity index (χ4v) is 2.55. The van der Waals surface area contributed by atoms with Gasteiger partial charge in [0.05, 0.1) is 0 Å². The molecule has 8 nitrogen and oxygen atoms in total. The molecule has 0 bridgehead atoms. The van der Waals surface area contributed by atoms with E-state index < -0.39 is 0 Å². The summed E-state index contributed by atoms with van der Waals surface area (Å²) in [7, 11) is 0. The minimum atomic E-state index is -0.381. The number of hydrogen-bond donors (Lipinski definition) is 2. The van der Waals surface area contributed by atoms with Crippen molar-refractivity contribution in [2.45, 2.75) is 70.6 Å². The minimum absolute atomic E-state index is 0.0938. The van der Waals surface area contributed by atoms with E-state index in [4.69, 9.17) is 4.74 Å². The number of hydrogen-bond acceptors (Lipinski definition) is 5. The van der Waals surface area contributed by atoms with Crippen molar-refractivity contribution < 1.29 is 9.53 Å². The highest BCUT2D eigenvalue weighted by Gasteiger charge is 2.27. The van der Waals surface area contributed by atoms with Gasteiger partial charge in [-0.3, -0.25) is 9.55 Å². The summed E-state index contributed by atoms with van der Waals surface area (Å²) in [6, 6.07) is 0.706. The molecule has 0 aromatic carbocycles. The maximum atomic E-state index is 11.4. The molecule has 0 atom stereocenters. The Morgan fingerprint density at radius 2 is 1.92 bits per heavy atom. The van der Waals surface area contributed by atoms with Crippen molar-refractivity contribution in [2.75, 3.05) is 0 Å². The molecule has 2 aliphatic rings. The van der Waals surface area contributed by atoms with E-state index in [1.54, 1.807) is 17.0 Å². The Morgan fingerprint density at radius 1 is 1.24 bits per heavy atom. The number of nitrogens with one attached hydrogen (secondary N) is 2. The summed E-state index contributed by atoms with van der Waals surface area (Å²) in [4.78, 5) is 33.4. The number of carbonyl (C=O) groups excluding carboxylic acids is 1. The molecule has 8 heteroatoms. The van der Waals surface area contributed by atoms with Gasteiger partial charge in [-0.2, -0.15) is 0 Å². The van der Waals surface area contributed by atoms with Crippen molar-refractivity contribution >= 4 is 17.4 Å². The van der Waals surface area contributed by atoms with Gasteiger partial charge in [0, 0.05) is 24.5 Å². The zero-order chi connectivity index (χ0) is 18.0. The number of aromatic nitrogens is 4. The lowest BCUT2D eigenvalue weighted by Gasteiger charge is -2.28. The van der Waals surface area contributed by atoms with Crippen LogP contribution < -0.4 is 11.0 Å². The van der Waals surface area contributed by atoms with Crippen molar-refractivity contribution in [1.82, 2.24) is 24.8 Å². The first-order valence-corrected chi connectivity index (χ1v) is 8.74. The first kappa shape index (κ1) is 17.4. The fraction of sp³-hybridized carbons (Fsp3) is 0.647. The second-order valence-electron chi connectivity index (χ2n) is 7.53. The third-order valence-electron chi connectivity index (χ3n) is 4.09. The standard InChI is InChI=1S/C9H17NO2.C8H8N4O/c1-9(2,3)12-8(11)10-7-5-4-6-7;13-8-11-6-7(10-4-3-9-6)12(8)5-1-2-5/h7H,4-6H2,1-3H3,(H,10,11);3-5H,1-2H2,(H,9,11,13). The molecule has 2 aromatic rings. The van der Waals surface area contributed by atoms with Gasteiger partial charge in [-0.15, -0.1) is 0 Å². The number of carbonyl (C=O) groups is 1. The lowest BCUT2D eigenvalue weighted by Crippen LogP contribution is -2.42. The van der Waals surface area contributed by atoms with Gasteiger partial charge in [0.2, 0.25) is 0 Å². The summed E-state index contributed by atoms with van der Waals surface area (Å²) in [6.45, 7) is 5.61. The van der Waals surface area contributed by atoms with Crippen LogP contribution in [-0.2, 0) is 4.74 Å². The van der Waals surface area contributed by atoms with Crippen LogP contribution in [0.25, 0.3) is 11.3 Å². The van der Waals surface area contributed by atoms with Gasteiger partial charge in [0.15, 0.2) is 11.3 Å². The molecule has 0 unspecified atom stereocenters. The van der Waals surface area contributed by atoms with Gasteiger partial charge >= 0.3 is 11.8 Å². The molecule has 0 saturated heterocycles. The normalized spacial score (nSPS) is 17.4. The molecule has 4 rings (SSSR count). The van der Waals surface area contributed by atoms with E-state index in [2.05, 4.69) is 20.3 Å². The Balaban J connectivity index is 0.000000147. The molecule has 2 aliphatic carbocycles. The van der Waals surface area contributed by atoms with Crippen molar-refractivity contribution in [1.29, 1.82) is 0 Å². The first-order chi connectivity index (χ1) is 11.8. The summed E-state index contributed by atoms with van der Waals surface area (Å²) < 4.78 is 6.79. The van der Waals surface area contributed by atoms with Gasteiger partial charge in [-0.25, -0.2) is 19.6 Å². The second-order valence-corrected chi connectivity index (χ2v) is 7.53. The van der Waals surface area contributed by atoms with Crippen LogP contribution in [-0.4, -0.2) is 37.3 Å². The van der Waals surface area contributed by atoms with Gasteiger partial charge in [-0.1, -0.05) is 0 Å². The van der Waals surface area contributed by atoms with Gasteiger partial charge in [-0.05, 0) is 52.9 Å². The third-order valence-corrected chi connectivity index (χ3v) is 4.09. The van der Waals surface area contributed by atoms with Crippen LogP contribution >= 0.6 is 0 Å². The number of rotatable bonds is 2. The van der Waals surface area contributed by atoms with Crippen LogP contribution in [0.4, 0.5) is 4.79 Å². The van der Waals surface area contributed by atoms with E-state index in [1.165, 1.54) is 6.42 Å². The van der Waals surface area contributed by atoms with Gasteiger partial charge in [0.25, 0.3) is 0 Å². The number of fused-ring (bicyclic) bond motifs is 1. The van der Waals surface area contributed by atoms with E-state index in [-0.39, 0.29) is 17.4 Å². The Hall–Kier alpha value is -2.38. The van der Waals surface area contributed by atoms with E-state index in [1.807, 2.05) is 20.8 Å². The molecular formula is C17H25N5O3. The molecule has 0 aliphatic heterocycles. The average Bonchev–Trinajstić information content (AvgIpc) is 3.24. The Bertz CT molecular complexity index is 796. The zero-order valence-electron chi connectivity index (χ0n) is 14.9. The van der Waals surface area contributed by atoms with Crippen molar-refractivity contribution in [3.05, 3.63) is 22.9 Å². The number of nitrogens with zero attached hydrogens (tertiary/aromatic N) is 3. The van der Waals surface area contributed by atoms with E-state index >= 15 is 0 Å². The maximum absolute atomic E-state index is 11.4. The molecule has 1 amide bonds. The van der Waals surface area contributed by atoms with E-state index in [9.17, 15) is 9.59 Å². The summed E-state index contributed by atoms with van der Waals surface area (Å²) >= 11 is 0. The number of ether oxygens (including phenoxy) is 1. The summed E-state index contributed by atoms with van der Waals surface area (Å²) in [5.41, 5.74) is 0.784. The maximum Gasteiger partial charge on any atom is 0.407 e. The summed E-state index contributed by atoms with van der Waals surface area (Å²) in [5.74, 6) is 0. The lowest BCUT2D eigenvalue weighted by molar-refractivity contribution is 0.0480. The second kappa shape index (κ2) is 6.85. The topological polar surface area (TPSA) is 102 Å². The van der Waals surface area contributed by atoms with Crippen LogP contribution in [0, 0.1) is 0 Å². The van der Waals surface area contributed by atoms with Gasteiger partial charge in [0.1, 0.15) is 5.60 Å². The third kappa shape index (κ3) is 4.58. The Morgan fingerprint density at radius 3 is 2.48 bits per heavy atom. The first-order valence-electron chi connectivity index (χ1n) is 8.74. The number of alkyl carbamates (subject to hydrolysis) is 1.